The van der Waals surface area contributed by atoms with Crippen LogP contribution >= 0.6 is 0 Å². The van der Waals surface area contributed by atoms with E-state index in [0.717, 1.165) is 12.2 Å². The summed E-state index contributed by atoms with van der Waals surface area (Å²) in [6, 6.07) is 0. The molecule has 0 saturated carbocycles. The van der Waals surface area contributed by atoms with Gasteiger partial charge in [0.25, 0.3) is 0 Å². The number of ether oxygens (including phenoxy) is 1. The number of hydrogen-bond acceptors (Lipinski definition) is 3. The second kappa shape index (κ2) is 5.39. The van der Waals surface area contributed by atoms with E-state index in [4.69, 9.17) is 9.84 Å². The van der Waals surface area contributed by atoms with Crippen LogP contribution in [0.3, 0.4) is 0 Å². The summed E-state index contributed by atoms with van der Waals surface area (Å²) in [5.41, 5.74) is 0. The van der Waals surface area contributed by atoms with Crippen molar-refractivity contribution in [3.8, 4) is 0 Å². The zero-order valence-electron chi connectivity index (χ0n) is 8.69. The summed E-state index contributed by atoms with van der Waals surface area (Å²) in [5.74, 6) is -1.78. The molecule has 0 aromatic carbocycles. The van der Waals surface area contributed by atoms with Gasteiger partial charge in [0.15, 0.2) is 0 Å². The highest BCUT2D eigenvalue weighted by atomic mass is 16.5. The van der Waals surface area contributed by atoms with Gasteiger partial charge in [-0.05, 0) is 0 Å². The fraction of sp³-hybridized carbons (Fsp3) is 0.556. The van der Waals surface area contributed by atoms with Crippen LogP contribution in [-0.4, -0.2) is 55.8 Å². The predicted molar refractivity (Wildman–Crippen MR) is 50.6 cm³/mol. The number of rotatable bonds is 5. The topological polar surface area (TPSA) is 63.6 Å². The molecular weight excluding hydrogens is 186 g/mol. The Bertz CT molecular complexity index is 240. The van der Waals surface area contributed by atoms with E-state index >= 15 is 0 Å². The van der Waals surface area contributed by atoms with Gasteiger partial charge in [0.1, 0.15) is 13.2 Å². The highest BCUT2D eigenvalue weighted by Crippen LogP contribution is 1.90. The Balaban J connectivity index is 3.71. The standard InChI is InChI=1S/C9H15NO4/c1-10(2,3)6-7-14-9(13)5-4-8(11)12/h4-5H,6-7H2,1-3H3/p+1. The number of carboxylic acid groups (broad SMARTS) is 1. The Morgan fingerprint density at radius 2 is 1.86 bits per heavy atom. The normalized spacial score (nSPS) is 11.6. The van der Waals surface area contributed by atoms with Crippen molar-refractivity contribution in [3.05, 3.63) is 12.2 Å². The molecule has 0 aliphatic heterocycles. The second-order valence-corrected chi connectivity index (χ2v) is 3.85. The average Bonchev–Trinajstić information content (AvgIpc) is 1.98. The van der Waals surface area contributed by atoms with E-state index in [-0.39, 0.29) is 6.61 Å². The maximum absolute atomic E-state index is 10.9. The van der Waals surface area contributed by atoms with E-state index in [9.17, 15) is 9.59 Å². The van der Waals surface area contributed by atoms with Crippen molar-refractivity contribution in [3.63, 3.8) is 0 Å². The number of likely N-dealkylation sites (N-methyl/N-ethyl adjacent to an activating group) is 1. The smallest absolute Gasteiger partial charge is 0.331 e. The Morgan fingerprint density at radius 1 is 1.29 bits per heavy atom. The van der Waals surface area contributed by atoms with Crippen molar-refractivity contribution in [2.45, 2.75) is 0 Å². The predicted octanol–water partition coefficient (Wildman–Crippen LogP) is -0.123. The molecule has 0 aromatic heterocycles. The average molecular weight is 202 g/mol. The quantitative estimate of drug-likeness (QED) is 0.383. The third-order valence-corrected chi connectivity index (χ3v) is 1.37. The second-order valence-electron chi connectivity index (χ2n) is 3.85. The molecular formula is C9H16NO4+. The van der Waals surface area contributed by atoms with Gasteiger partial charge in [0.2, 0.25) is 0 Å². The first-order chi connectivity index (χ1) is 6.31. The lowest BCUT2D eigenvalue weighted by molar-refractivity contribution is -0.870. The summed E-state index contributed by atoms with van der Waals surface area (Å²) in [6.45, 7) is 0.971. The Morgan fingerprint density at radius 3 is 2.29 bits per heavy atom. The number of quaternary nitrogens is 1. The van der Waals surface area contributed by atoms with Gasteiger partial charge in [0, 0.05) is 12.2 Å². The largest absolute Gasteiger partial charge is 0.478 e. The van der Waals surface area contributed by atoms with Gasteiger partial charge in [-0.2, -0.15) is 0 Å². The molecule has 0 unspecified atom stereocenters. The molecule has 0 aromatic rings. The third kappa shape index (κ3) is 8.73. The number of aliphatic carboxylic acids is 1. The van der Waals surface area contributed by atoms with Crippen molar-refractivity contribution in [1.82, 2.24) is 0 Å². The molecule has 5 nitrogen and oxygen atoms in total. The molecule has 0 amide bonds. The van der Waals surface area contributed by atoms with Crippen LogP contribution in [0.5, 0.6) is 0 Å². The van der Waals surface area contributed by atoms with Crippen LogP contribution in [0.25, 0.3) is 0 Å². The van der Waals surface area contributed by atoms with Crippen LogP contribution in [0.2, 0.25) is 0 Å². The third-order valence-electron chi connectivity index (χ3n) is 1.37. The van der Waals surface area contributed by atoms with Crippen molar-refractivity contribution in [1.29, 1.82) is 0 Å². The van der Waals surface area contributed by atoms with Crippen LogP contribution in [-0.2, 0) is 14.3 Å². The van der Waals surface area contributed by atoms with E-state index in [2.05, 4.69) is 0 Å². The maximum atomic E-state index is 10.9. The Kier molecular flexibility index (Phi) is 4.86. The molecule has 1 N–H and O–H groups in total. The van der Waals surface area contributed by atoms with Gasteiger partial charge < -0.3 is 14.3 Å². The molecule has 0 atom stereocenters. The van der Waals surface area contributed by atoms with Crippen LogP contribution in [0.1, 0.15) is 0 Å². The lowest BCUT2D eigenvalue weighted by atomic mass is 10.5. The highest BCUT2D eigenvalue weighted by Gasteiger charge is 2.07. The molecule has 0 aliphatic rings. The monoisotopic (exact) mass is 202 g/mol. The van der Waals surface area contributed by atoms with E-state index < -0.39 is 11.9 Å². The van der Waals surface area contributed by atoms with Gasteiger partial charge in [-0.3, -0.25) is 0 Å². The van der Waals surface area contributed by atoms with Crippen molar-refractivity contribution >= 4 is 11.9 Å². The molecule has 0 heterocycles. The number of nitrogens with zero attached hydrogens (tertiary/aromatic N) is 1. The molecule has 0 rings (SSSR count). The SMILES string of the molecule is C[N+](C)(C)CCOC(=O)C=CC(=O)O. The summed E-state index contributed by atoms with van der Waals surface area (Å²) >= 11 is 0. The lowest BCUT2D eigenvalue weighted by Crippen LogP contribution is -2.37. The molecule has 0 radical (unpaired) electrons. The Labute approximate surface area is 83.2 Å². The van der Waals surface area contributed by atoms with Crippen molar-refractivity contribution < 1.29 is 23.9 Å². The number of hydrogen-bond donors (Lipinski definition) is 1. The van der Waals surface area contributed by atoms with Crippen molar-refractivity contribution in [2.24, 2.45) is 0 Å². The van der Waals surface area contributed by atoms with E-state index in [1.807, 2.05) is 21.1 Å². The van der Waals surface area contributed by atoms with Crippen LogP contribution < -0.4 is 0 Å². The number of carbonyl (C=O) groups is 2. The fourth-order valence-corrected chi connectivity index (χ4v) is 0.608. The molecule has 0 fully saturated rings. The van der Waals surface area contributed by atoms with Crippen LogP contribution in [0, 0.1) is 0 Å². The molecule has 80 valence electrons. The summed E-state index contributed by atoms with van der Waals surface area (Å²) in [6.07, 6.45) is 1.66. The molecule has 0 spiro atoms. The van der Waals surface area contributed by atoms with E-state index in [1.54, 1.807) is 0 Å². The van der Waals surface area contributed by atoms with Gasteiger partial charge >= 0.3 is 11.9 Å². The Hall–Kier alpha value is -1.36. The molecule has 14 heavy (non-hydrogen) atoms. The minimum absolute atomic E-state index is 0.284. The van der Waals surface area contributed by atoms with Crippen LogP contribution in [0.15, 0.2) is 12.2 Å². The molecule has 0 bridgehead atoms. The summed E-state index contributed by atoms with van der Waals surface area (Å²) in [5, 5.41) is 8.22. The van der Waals surface area contributed by atoms with E-state index in [0.29, 0.717) is 11.0 Å². The molecule has 0 aliphatic carbocycles. The van der Waals surface area contributed by atoms with Gasteiger partial charge in [-0.25, -0.2) is 9.59 Å². The maximum Gasteiger partial charge on any atom is 0.331 e. The van der Waals surface area contributed by atoms with Crippen molar-refractivity contribution in [2.75, 3.05) is 34.3 Å². The van der Waals surface area contributed by atoms with Gasteiger partial charge in [0.05, 0.1) is 21.1 Å². The minimum atomic E-state index is -1.16. The summed E-state index contributed by atoms with van der Waals surface area (Å²) in [7, 11) is 5.92. The highest BCUT2D eigenvalue weighted by molar-refractivity contribution is 5.90. The zero-order valence-corrected chi connectivity index (χ0v) is 8.69. The number of esters is 1. The van der Waals surface area contributed by atoms with Gasteiger partial charge in [-0.15, -0.1) is 0 Å². The first-order valence-electron chi connectivity index (χ1n) is 4.19. The van der Waals surface area contributed by atoms with Gasteiger partial charge in [-0.1, -0.05) is 0 Å². The molecule has 5 heteroatoms. The fourth-order valence-electron chi connectivity index (χ4n) is 0.608. The summed E-state index contributed by atoms with van der Waals surface area (Å²) in [4.78, 5) is 20.9. The number of carboxylic acids is 1. The lowest BCUT2D eigenvalue weighted by Gasteiger charge is -2.23. The minimum Gasteiger partial charge on any atom is -0.478 e. The zero-order chi connectivity index (χ0) is 11.2. The first kappa shape index (κ1) is 12.6. The molecule has 0 saturated heterocycles. The number of carbonyl (C=O) groups excluding carboxylic acids is 1. The van der Waals surface area contributed by atoms with E-state index in [1.165, 1.54) is 0 Å². The summed E-state index contributed by atoms with van der Waals surface area (Å²) < 4.78 is 5.45. The first-order valence-corrected chi connectivity index (χ1v) is 4.19. The van der Waals surface area contributed by atoms with Crippen LogP contribution in [0.4, 0.5) is 0 Å².